The minimum atomic E-state index is -1.06. The molecule has 3 aromatic rings. The molecular formula is C26H30ClN5O2. The van der Waals surface area contributed by atoms with Crippen LogP contribution < -0.4 is 20.3 Å². The van der Waals surface area contributed by atoms with Crippen molar-refractivity contribution in [1.82, 2.24) is 9.97 Å². The van der Waals surface area contributed by atoms with Crippen LogP contribution in [0.4, 0.5) is 23.1 Å². The number of aromatic nitrogens is 2. The Hall–Kier alpha value is -3.32. The summed E-state index contributed by atoms with van der Waals surface area (Å²) >= 11 is 5.92. The van der Waals surface area contributed by atoms with Gasteiger partial charge in [-0.2, -0.15) is 4.98 Å². The highest BCUT2D eigenvalue weighted by atomic mass is 35.5. The van der Waals surface area contributed by atoms with E-state index in [-0.39, 0.29) is 5.91 Å². The molecule has 1 amide bonds. The number of carbonyl (C=O) groups excluding carboxylic acids is 1. The maximum absolute atomic E-state index is 12.8. The SMILES string of the molecule is Cc1cc(N2CCCCC2)nc(Nc2ccc(NC(=O)C(C)(C)Oc3ccc(Cl)cc3)cc2)n1. The van der Waals surface area contributed by atoms with Crippen LogP contribution in [-0.4, -0.2) is 34.6 Å². The number of hydrogen-bond donors (Lipinski definition) is 2. The molecule has 0 saturated carbocycles. The molecule has 2 heterocycles. The molecule has 34 heavy (non-hydrogen) atoms. The van der Waals surface area contributed by atoms with E-state index in [0.29, 0.717) is 22.4 Å². The van der Waals surface area contributed by atoms with Crippen molar-refractivity contribution < 1.29 is 9.53 Å². The Labute approximate surface area is 205 Å². The van der Waals surface area contributed by atoms with E-state index in [4.69, 9.17) is 21.3 Å². The molecule has 7 nitrogen and oxygen atoms in total. The molecule has 0 aliphatic carbocycles. The fraction of sp³-hybridized carbons (Fsp3) is 0.346. The van der Waals surface area contributed by atoms with E-state index in [9.17, 15) is 4.79 Å². The molecule has 1 aromatic heterocycles. The fourth-order valence-corrected chi connectivity index (χ4v) is 3.91. The van der Waals surface area contributed by atoms with Crippen LogP contribution in [0.3, 0.4) is 0 Å². The molecular weight excluding hydrogens is 450 g/mol. The van der Waals surface area contributed by atoms with Gasteiger partial charge in [-0.15, -0.1) is 0 Å². The summed E-state index contributed by atoms with van der Waals surface area (Å²) in [7, 11) is 0. The zero-order chi connectivity index (χ0) is 24.1. The van der Waals surface area contributed by atoms with Gasteiger partial charge in [0.1, 0.15) is 11.6 Å². The van der Waals surface area contributed by atoms with E-state index in [2.05, 4.69) is 20.5 Å². The largest absolute Gasteiger partial charge is 0.478 e. The van der Waals surface area contributed by atoms with Crippen molar-refractivity contribution in [1.29, 1.82) is 0 Å². The molecule has 8 heteroatoms. The van der Waals surface area contributed by atoms with Crippen molar-refractivity contribution in [2.45, 2.75) is 45.6 Å². The first-order valence-corrected chi connectivity index (χ1v) is 11.9. The van der Waals surface area contributed by atoms with Crippen molar-refractivity contribution in [2.75, 3.05) is 28.6 Å². The number of carbonyl (C=O) groups is 1. The summed E-state index contributed by atoms with van der Waals surface area (Å²) in [5, 5.41) is 6.80. The second-order valence-corrected chi connectivity index (χ2v) is 9.40. The summed E-state index contributed by atoms with van der Waals surface area (Å²) in [6, 6.07) is 16.4. The number of amides is 1. The van der Waals surface area contributed by atoms with Crippen LogP contribution in [0, 0.1) is 6.92 Å². The molecule has 0 spiro atoms. The van der Waals surface area contributed by atoms with E-state index in [0.717, 1.165) is 30.3 Å². The summed E-state index contributed by atoms with van der Waals surface area (Å²) in [6.07, 6.45) is 3.67. The summed E-state index contributed by atoms with van der Waals surface area (Å²) in [6.45, 7) is 7.49. The maximum atomic E-state index is 12.8. The lowest BCUT2D eigenvalue weighted by Gasteiger charge is -2.28. The van der Waals surface area contributed by atoms with Crippen molar-refractivity contribution in [3.8, 4) is 5.75 Å². The van der Waals surface area contributed by atoms with Gasteiger partial charge in [0, 0.05) is 41.2 Å². The average Bonchev–Trinajstić information content (AvgIpc) is 2.82. The van der Waals surface area contributed by atoms with Crippen LogP contribution in [-0.2, 0) is 4.79 Å². The quantitative estimate of drug-likeness (QED) is 0.434. The van der Waals surface area contributed by atoms with Gasteiger partial charge in [-0.25, -0.2) is 4.98 Å². The number of halogens is 1. The number of rotatable bonds is 7. The van der Waals surface area contributed by atoms with Crippen molar-refractivity contribution in [2.24, 2.45) is 0 Å². The molecule has 1 aliphatic rings. The standard InChI is InChI=1S/C26H30ClN5O2/c1-18-17-23(32-15-5-4-6-16-32)31-25(28-18)30-21-11-9-20(10-12-21)29-24(33)26(2,3)34-22-13-7-19(27)8-14-22/h7-14,17H,4-6,15-16H2,1-3H3,(H,29,33)(H,28,30,31). The van der Waals surface area contributed by atoms with Gasteiger partial charge in [0.25, 0.3) is 5.91 Å². The monoisotopic (exact) mass is 479 g/mol. The Morgan fingerprint density at radius 1 is 0.971 bits per heavy atom. The molecule has 4 rings (SSSR count). The minimum Gasteiger partial charge on any atom is -0.478 e. The summed E-state index contributed by atoms with van der Waals surface area (Å²) in [5.74, 6) is 1.85. The first-order chi connectivity index (χ1) is 16.3. The normalized spacial score (nSPS) is 13.9. The second kappa shape index (κ2) is 10.3. The van der Waals surface area contributed by atoms with Gasteiger partial charge in [0.05, 0.1) is 0 Å². The van der Waals surface area contributed by atoms with Gasteiger partial charge >= 0.3 is 0 Å². The van der Waals surface area contributed by atoms with E-state index >= 15 is 0 Å². The number of ether oxygens (including phenoxy) is 1. The third-order valence-electron chi connectivity index (χ3n) is 5.65. The molecule has 0 unspecified atom stereocenters. The van der Waals surface area contributed by atoms with Crippen LogP contribution in [0.1, 0.15) is 38.8 Å². The van der Waals surface area contributed by atoms with Gasteiger partial charge in [0.2, 0.25) is 5.95 Å². The number of nitrogens with one attached hydrogen (secondary N) is 2. The van der Waals surface area contributed by atoms with Crippen molar-refractivity contribution in [3.63, 3.8) is 0 Å². The molecule has 178 valence electrons. The lowest BCUT2D eigenvalue weighted by molar-refractivity contribution is -0.128. The lowest BCUT2D eigenvalue weighted by atomic mass is 10.1. The Morgan fingerprint density at radius 3 is 2.29 bits per heavy atom. The first kappa shape index (κ1) is 23.8. The molecule has 2 N–H and O–H groups in total. The highest BCUT2D eigenvalue weighted by Gasteiger charge is 2.30. The minimum absolute atomic E-state index is 0.253. The van der Waals surface area contributed by atoms with Gasteiger partial charge in [-0.05, 0) is 88.6 Å². The predicted octanol–water partition coefficient (Wildman–Crippen LogP) is 5.97. The van der Waals surface area contributed by atoms with Crippen molar-refractivity contribution >= 4 is 40.6 Å². The number of anilines is 4. The first-order valence-electron chi connectivity index (χ1n) is 11.5. The molecule has 0 atom stereocenters. The topological polar surface area (TPSA) is 79.4 Å². The van der Waals surface area contributed by atoms with Gasteiger partial charge < -0.3 is 20.3 Å². The Balaban J connectivity index is 1.38. The Kier molecular flexibility index (Phi) is 7.22. The number of piperidine rings is 1. The maximum Gasteiger partial charge on any atom is 0.267 e. The Morgan fingerprint density at radius 2 is 1.62 bits per heavy atom. The number of aryl methyl sites for hydroxylation is 1. The number of benzene rings is 2. The molecule has 2 aromatic carbocycles. The third kappa shape index (κ3) is 6.17. The fourth-order valence-electron chi connectivity index (χ4n) is 3.78. The number of hydrogen-bond acceptors (Lipinski definition) is 6. The molecule has 1 aliphatic heterocycles. The van der Waals surface area contributed by atoms with Gasteiger partial charge in [0.15, 0.2) is 5.60 Å². The van der Waals surface area contributed by atoms with E-state index in [1.165, 1.54) is 19.3 Å². The highest BCUT2D eigenvalue weighted by Crippen LogP contribution is 2.24. The molecule has 1 fully saturated rings. The van der Waals surface area contributed by atoms with Crippen LogP contribution in [0.2, 0.25) is 5.02 Å². The zero-order valence-electron chi connectivity index (χ0n) is 19.8. The van der Waals surface area contributed by atoms with E-state index in [1.54, 1.807) is 38.1 Å². The smallest absolute Gasteiger partial charge is 0.267 e. The summed E-state index contributed by atoms with van der Waals surface area (Å²) in [5.41, 5.74) is 1.36. The van der Waals surface area contributed by atoms with E-state index < -0.39 is 5.60 Å². The zero-order valence-corrected chi connectivity index (χ0v) is 20.5. The van der Waals surface area contributed by atoms with Crippen LogP contribution in [0.5, 0.6) is 5.75 Å². The molecule has 0 bridgehead atoms. The summed E-state index contributed by atoms with van der Waals surface area (Å²) in [4.78, 5) is 24.4. The predicted molar refractivity (Wildman–Crippen MR) is 137 cm³/mol. The van der Waals surface area contributed by atoms with Crippen LogP contribution >= 0.6 is 11.6 Å². The van der Waals surface area contributed by atoms with Gasteiger partial charge in [-0.1, -0.05) is 11.6 Å². The number of nitrogens with zero attached hydrogens (tertiary/aromatic N) is 3. The Bertz CT molecular complexity index is 1130. The van der Waals surface area contributed by atoms with Crippen LogP contribution in [0.25, 0.3) is 0 Å². The van der Waals surface area contributed by atoms with Gasteiger partial charge in [-0.3, -0.25) is 4.79 Å². The average molecular weight is 480 g/mol. The van der Waals surface area contributed by atoms with Crippen molar-refractivity contribution in [3.05, 3.63) is 65.3 Å². The summed E-state index contributed by atoms with van der Waals surface area (Å²) < 4.78 is 5.86. The van der Waals surface area contributed by atoms with Crippen LogP contribution in [0.15, 0.2) is 54.6 Å². The highest BCUT2D eigenvalue weighted by molar-refractivity contribution is 6.30. The third-order valence-corrected chi connectivity index (χ3v) is 5.91. The van der Waals surface area contributed by atoms with E-state index in [1.807, 2.05) is 37.3 Å². The molecule has 1 saturated heterocycles. The molecule has 0 radical (unpaired) electrons. The lowest BCUT2D eigenvalue weighted by Crippen LogP contribution is -2.42. The second-order valence-electron chi connectivity index (χ2n) is 8.96.